The minimum atomic E-state index is -0.384. The molecule has 2 aromatic heterocycles. The number of hydrogen-bond donors (Lipinski definition) is 1. The molecule has 0 saturated heterocycles. The molecule has 5 rings (SSSR count). The van der Waals surface area contributed by atoms with Gasteiger partial charge in [-0.2, -0.15) is 5.10 Å². The van der Waals surface area contributed by atoms with Crippen molar-refractivity contribution in [1.29, 1.82) is 0 Å². The summed E-state index contributed by atoms with van der Waals surface area (Å²) in [6, 6.07) is 12.4. The van der Waals surface area contributed by atoms with E-state index in [1.165, 1.54) is 41.0 Å². The number of rotatable bonds is 7. The lowest BCUT2D eigenvalue weighted by atomic mass is 10.1. The molecule has 1 aliphatic rings. The van der Waals surface area contributed by atoms with E-state index >= 15 is 0 Å². The molecule has 0 saturated carbocycles. The van der Waals surface area contributed by atoms with Crippen LogP contribution in [0, 0.1) is 5.82 Å². The minimum absolute atomic E-state index is 0.205. The summed E-state index contributed by atoms with van der Waals surface area (Å²) in [4.78, 5) is 13.2. The number of benzene rings is 2. The van der Waals surface area contributed by atoms with Crippen molar-refractivity contribution in [2.24, 2.45) is 0 Å². The molecule has 1 aliphatic carbocycles. The molecule has 0 bridgehead atoms. The Morgan fingerprint density at radius 2 is 2.06 bits per heavy atom. The molecule has 2 heterocycles. The number of carbonyl (C=O) groups excluding carboxylic acids is 1. The van der Waals surface area contributed by atoms with Crippen LogP contribution in [0.5, 0.6) is 5.75 Å². The molecule has 2 aromatic carbocycles. The predicted octanol–water partition coefficient (Wildman–Crippen LogP) is 6.11. The number of aryl methyl sites for hydroxylation is 2. The average molecular weight is 482 g/mol. The Bertz CT molecular complexity index is 1320. The predicted molar refractivity (Wildman–Crippen MR) is 128 cm³/mol. The van der Waals surface area contributed by atoms with Crippen molar-refractivity contribution in [2.75, 3.05) is 5.32 Å². The number of hydrogen-bond acceptors (Lipinski definition) is 4. The van der Waals surface area contributed by atoms with Gasteiger partial charge in [-0.1, -0.05) is 23.7 Å². The van der Waals surface area contributed by atoms with Gasteiger partial charge in [-0.15, -0.1) is 11.3 Å². The molecule has 1 amide bonds. The van der Waals surface area contributed by atoms with E-state index in [1.54, 1.807) is 23.1 Å². The molecule has 0 atom stereocenters. The molecule has 0 unspecified atom stereocenters. The van der Waals surface area contributed by atoms with Crippen LogP contribution in [0.2, 0.25) is 5.02 Å². The maximum absolute atomic E-state index is 13.2. The maximum Gasteiger partial charge on any atom is 0.265 e. The van der Waals surface area contributed by atoms with E-state index in [9.17, 15) is 9.18 Å². The monoisotopic (exact) mass is 481 g/mol. The highest BCUT2D eigenvalue weighted by Crippen LogP contribution is 2.27. The third kappa shape index (κ3) is 5.10. The highest BCUT2D eigenvalue weighted by molar-refractivity contribution is 7.12. The second-order valence-electron chi connectivity index (χ2n) is 8.01. The van der Waals surface area contributed by atoms with Gasteiger partial charge in [0.25, 0.3) is 5.91 Å². The first kappa shape index (κ1) is 21.7. The smallest absolute Gasteiger partial charge is 0.265 e. The second kappa shape index (κ2) is 9.37. The molecule has 8 heteroatoms. The molecular weight excluding hydrogens is 461 g/mol. The number of ether oxygens (including phenoxy) is 1. The zero-order valence-corrected chi connectivity index (χ0v) is 19.3. The molecule has 4 aromatic rings. The van der Waals surface area contributed by atoms with Crippen molar-refractivity contribution in [1.82, 2.24) is 9.78 Å². The van der Waals surface area contributed by atoms with Crippen LogP contribution in [0.4, 0.5) is 10.1 Å². The van der Waals surface area contributed by atoms with Crippen molar-refractivity contribution >= 4 is 34.5 Å². The van der Waals surface area contributed by atoms with Gasteiger partial charge in [0.05, 0.1) is 23.3 Å². The Labute approximate surface area is 199 Å². The summed E-state index contributed by atoms with van der Waals surface area (Å²) in [7, 11) is 0. The number of halogens is 2. The molecule has 0 fully saturated rings. The number of amides is 1. The van der Waals surface area contributed by atoms with Gasteiger partial charge in [-0.3, -0.25) is 9.48 Å². The number of anilines is 1. The number of nitrogens with zero attached hydrogens (tertiary/aromatic N) is 2. The molecule has 1 N–H and O–H groups in total. The van der Waals surface area contributed by atoms with Crippen molar-refractivity contribution < 1.29 is 13.9 Å². The van der Waals surface area contributed by atoms with Crippen molar-refractivity contribution in [2.45, 2.75) is 32.4 Å². The molecule has 0 radical (unpaired) electrons. The topological polar surface area (TPSA) is 56.2 Å². The Morgan fingerprint density at radius 1 is 1.18 bits per heavy atom. The summed E-state index contributed by atoms with van der Waals surface area (Å²) in [6.45, 7) is 0.789. The van der Waals surface area contributed by atoms with E-state index in [-0.39, 0.29) is 11.7 Å². The van der Waals surface area contributed by atoms with Gasteiger partial charge in [0.2, 0.25) is 0 Å². The van der Waals surface area contributed by atoms with E-state index in [0.717, 1.165) is 29.7 Å². The number of carbonyl (C=O) groups is 1. The van der Waals surface area contributed by atoms with Gasteiger partial charge in [0.15, 0.2) is 0 Å². The van der Waals surface area contributed by atoms with Gasteiger partial charge < -0.3 is 10.1 Å². The summed E-state index contributed by atoms with van der Waals surface area (Å²) in [6.07, 6.45) is 6.75. The maximum atomic E-state index is 13.2. The third-order valence-electron chi connectivity index (χ3n) is 5.59. The van der Waals surface area contributed by atoms with Crippen LogP contribution in [0.15, 0.2) is 60.2 Å². The number of nitrogens with one attached hydrogen (secondary N) is 1. The molecule has 5 nitrogen and oxygen atoms in total. The van der Waals surface area contributed by atoms with Crippen molar-refractivity contribution in [3.05, 3.63) is 98.2 Å². The lowest BCUT2D eigenvalue weighted by Crippen LogP contribution is -2.09. The Hall–Kier alpha value is -3.16. The van der Waals surface area contributed by atoms with Crippen LogP contribution in [0.1, 0.15) is 38.3 Å². The van der Waals surface area contributed by atoms with Gasteiger partial charge in [0.1, 0.15) is 18.2 Å². The Morgan fingerprint density at radius 3 is 2.94 bits per heavy atom. The normalized spacial score (nSPS) is 12.5. The highest BCUT2D eigenvalue weighted by Gasteiger charge is 2.13. The van der Waals surface area contributed by atoms with Crippen LogP contribution >= 0.6 is 22.9 Å². The standard InChI is InChI=1S/C25H21ClFN3O2S/c26-23-10-20(27)6-4-19(23)12-30-13-21(11-28-30)29-25(31)24-8-16(15-33-24)14-32-22-7-5-17-2-1-3-18(17)9-22/h4-11,13,15H,1-3,12,14H2,(H,29,31). The molecule has 168 valence electrons. The van der Waals surface area contributed by atoms with Crippen LogP contribution in [0.25, 0.3) is 0 Å². The van der Waals surface area contributed by atoms with Crippen LogP contribution in [-0.4, -0.2) is 15.7 Å². The van der Waals surface area contributed by atoms with Gasteiger partial charge in [-0.05, 0) is 71.7 Å². The van der Waals surface area contributed by atoms with Crippen LogP contribution in [0.3, 0.4) is 0 Å². The fourth-order valence-corrected chi connectivity index (χ4v) is 4.93. The van der Waals surface area contributed by atoms with Gasteiger partial charge in [-0.25, -0.2) is 4.39 Å². The lowest BCUT2D eigenvalue weighted by Gasteiger charge is -2.07. The van der Waals surface area contributed by atoms with E-state index in [0.29, 0.717) is 28.7 Å². The SMILES string of the molecule is O=C(Nc1cnn(Cc2ccc(F)cc2Cl)c1)c1cc(COc2ccc3c(c2)CCC3)cs1. The van der Waals surface area contributed by atoms with E-state index in [2.05, 4.69) is 22.5 Å². The molecule has 0 aliphatic heterocycles. The van der Waals surface area contributed by atoms with Gasteiger partial charge >= 0.3 is 0 Å². The van der Waals surface area contributed by atoms with Gasteiger partial charge in [0, 0.05) is 16.8 Å². The molecule has 0 spiro atoms. The first-order chi connectivity index (χ1) is 16.0. The van der Waals surface area contributed by atoms with E-state index < -0.39 is 0 Å². The summed E-state index contributed by atoms with van der Waals surface area (Å²) >= 11 is 7.46. The van der Waals surface area contributed by atoms with E-state index in [1.807, 2.05) is 17.5 Å². The summed E-state index contributed by atoms with van der Waals surface area (Å²) in [5, 5.41) is 9.38. The number of fused-ring (bicyclic) bond motifs is 1. The number of aromatic nitrogens is 2. The average Bonchev–Trinajstić information content (AvgIpc) is 3.55. The summed E-state index contributed by atoms with van der Waals surface area (Å²) < 4.78 is 20.8. The fourth-order valence-electron chi connectivity index (χ4n) is 3.91. The first-order valence-corrected chi connectivity index (χ1v) is 11.9. The third-order valence-corrected chi connectivity index (χ3v) is 6.92. The van der Waals surface area contributed by atoms with Crippen LogP contribution < -0.4 is 10.1 Å². The Kier molecular flexibility index (Phi) is 6.15. The highest BCUT2D eigenvalue weighted by atomic mass is 35.5. The first-order valence-electron chi connectivity index (χ1n) is 10.6. The molecule has 33 heavy (non-hydrogen) atoms. The minimum Gasteiger partial charge on any atom is -0.489 e. The largest absolute Gasteiger partial charge is 0.489 e. The lowest BCUT2D eigenvalue weighted by molar-refractivity contribution is 0.103. The Balaban J connectivity index is 1.17. The number of thiophene rings is 1. The summed E-state index contributed by atoms with van der Waals surface area (Å²) in [5.41, 5.74) is 5.06. The summed E-state index contributed by atoms with van der Waals surface area (Å²) in [5.74, 6) is 0.273. The zero-order chi connectivity index (χ0) is 22.8. The zero-order valence-electron chi connectivity index (χ0n) is 17.7. The fraction of sp³-hybridized carbons (Fsp3) is 0.200. The van der Waals surface area contributed by atoms with E-state index in [4.69, 9.17) is 16.3 Å². The second-order valence-corrected chi connectivity index (χ2v) is 9.33. The van der Waals surface area contributed by atoms with Crippen LogP contribution in [-0.2, 0) is 26.0 Å². The molecular formula is C25H21ClFN3O2S. The quantitative estimate of drug-likeness (QED) is 0.346. The van der Waals surface area contributed by atoms with Crippen molar-refractivity contribution in [3.8, 4) is 5.75 Å². The van der Waals surface area contributed by atoms with Crippen molar-refractivity contribution in [3.63, 3.8) is 0 Å².